The molecule has 60 valence electrons. The first-order valence-corrected chi connectivity index (χ1v) is 5.37. The third-order valence-electron chi connectivity index (χ3n) is 2.28. The van der Waals surface area contributed by atoms with Gasteiger partial charge in [0.15, 0.2) is 0 Å². The van der Waals surface area contributed by atoms with Crippen LogP contribution in [0.25, 0.3) is 0 Å². The maximum atomic E-state index is 2.53. The van der Waals surface area contributed by atoms with Crippen LogP contribution in [0, 0.1) is 0 Å². The summed E-state index contributed by atoms with van der Waals surface area (Å²) in [5, 5.41) is 0. The van der Waals surface area contributed by atoms with Gasteiger partial charge in [0.05, 0.1) is 0 Å². The lowest BCUT2D eigenvalue weighted by Gasteiger charge is -2.32. The molecule has 0 aromatic carbocycles. The van der Waals surface area contributed by atoms with Crippen LogP contribution < -0.4 is 0 Å². The molecule has 0 spiro atoms. The van der Waals surface area contributed by atoms with E-state index in [9.17, 15) is 0 Å². The van der Waals surface area contributed by atoms with Crippen LogP contribution >= 0.6 is 11.9 Å². The van der Waals surface area contributed by atoms with Crippen LogP contribution in [0.5, 0.6) is 0 Å². The van der Waals surface area contributed by atoms with Crippen molar-refractivity contribution in [3.05, 3.63) is 0 Å². The first-order valence-electron chi connectivity index (χ1n) is 4.19. The summed E-state index contributed by atoms with van der Waals surface area (Å²) in [5.41, 5.74) is 0. The average Bonchev–Trinajstić information content (AvgIpc) is 2.04. The van der Waals surface area contributed by atoms with E-state index in [2.05, 4.69) is 17.5 Å². The van der Waals surface area contributed by atoms with Gasteiger partial charge in [0.2, 0.25) is 0 Å². The largest absolute Gasteiger partial charge is 0.248 e. The summed E-state index contributed by atoms with van der Waals surface area (Å²) >= 11 is 1.91. The van der Waals surface area contributed by atoms with Gasteiger partial charge in [-0.2, -0.15) is 0 Å². The Bertz CT molecular complexity index is 83.3. The summed E-state index contributed by atoms with van der Waals surface area (Å²) in [5.74, 6) is 0. The normalized spacial score (nSPS) is 28.8. The fourth-order valence-electron chi connectivity index (χ4n) is 1.62. The molecular formula is C8H17NS. The summed E-state index contributed by atoms with van der Waals surface area (Å²) in [6, 6.07) is 0.865. The van der Waals surface area contributed by atoms with Gasteiger partial charge >= 0.3 is 0 Å². The number of rotatable bonds is 2. The van der Waals surface area contributed by atoms with E-state index in [4.69, 9.17) is 0 Å². The van der Waals surface area contributed by atoms with Crippen molar-refractivity contribution in [2.75, 3.05) is 12.8 Å². The number of nitrogens with zero attached hydrogens (tertiary/aromatic N) is 1. The third-order valence-corrected chi connectivity index (χ3v) is 3.23. The molecule has 0 amide bonds. The van der Waals surface area contributed by atoms with Gasteiger partial charge in [-0.1, -0.05) is 25.3 Å². The molecule has 1 fully saturated rings. The molecule has 1 heterocycles. The lowest BCUT2D eigenvalue weighted by molar-refractivity contribution is 0.268. The Balaban J connectivity index is 2.34. The summed E-state index contributed by atoms with van der Waals surface area (Å²) in [6.07, 6.45) is 7.76. The Kier molecular flexibility index (Phi) is 3.57. The van der Waals surface area contributed by atoms with Gasteiger partial charge in [0.25, 0.3) is 0 Å². The SMILES string of the molecule is CCC1CCCCN1SC. The quantitative estimate of drug-likeness (QED) is 0.570. The fraction of sp³-hybridized carbons (Fsp3) is 1.00. The maximum absolute atomic E-state index is 2.53. The topological polar surface area (TPSA) is 3.24 Å². The Morgan fingerprint density at radius 1 is 1.50 bits per heavy atom. The van der Waals surface area contributed by atoms with E-state index in [-0.39, 0.29) is 0 Å². The van der Waals surface area contributed by atoms with Crippen LogP contribution in [0.3, 0.4) is 0 Å². The van der Waals surface area contributed by atoms with Crippen molar-refractivity contribution in [2.24, 2.45) is 0 Å². The van der Waals surface area contributed by atoms with Gasteiger partial charge < -0.3 is 0 Å². The molecule has 0 saturated carbocycles. The Morgan fingerprint density at radius 2 is 2.30 bits per heavy atom. The smallest absolute Gasteiger partial charge is 0.0199 e. The van der Waals surface area contributed by atoms with Gasteiger partial charge in [-0.15, -0.1) is 0 Å². The fourth-order valence-corrected chi connectivity index (χ4v) is 2.49. The maximum Gasteiger partial charge on any atom is 0.0199 e. The number of piperidine rings is 1. The number of hydrogen-bond donors (Lipinski definition) is 0. The molecule has 1 saturated heterocycles. The lowest BCUT2D eigenvalue weighted by Crippen LogP contribution is -2.33. The van der Waals surface area contributed by atoms with Crippen molar-refractivity contribution < 1.29 is 0 Å². The molecule has 1 aliphatic rings. The second kappa shape index (κ2) is 4.24. The van der Waals surface area contributed by atoms with E-state index >= 15 is 0 Å². The van der Waals surface area contributed by atoms with Gasteiger partial charge in [0, 0.05) is 12.6 Å². The first-order chi connectivity index (χ1) is 4.88. The molecule has 2 heteroatoms. The highest BCUT2D eigenvalue weighted by Crippen LogP contribution is 2.24. The summed E-state index contributed by atoms with van der Waals surface area (Å²) in [4.78, 5) is 0. The van der Waals surface area contributed by atoms with Crippen molar-refractivity contribution in [3.63, 3.8) is 0 Å². The highest BCUT2D eigenvalue weighted by molar-refractivity contribution is 7.96. The van der Waals surface area contributed by atoms with E-state index in [1.54, 1.807) is 0 Å². The first kappa shape index (κ1) is 8.41. The monoisotopic (exact) mass is 159 g/mol. The third kappa shape index (κ3) is 1.89. The van der Waals surface area contributed by atoms with E-state index in [1.165, 1.54) is 32.2 Å². The van der Waals surface area contributed by atoms with Crippen LogP contribution in [0.2, 0.25) is 0 Å². The predicted molar refractivity (Wildman–Crippen MR) is 48.2 cm³/mol. The molecular weight excluding hydrogens is 142 g/mol. The van der Waals surface area contributed by atoms with E-state index < -0.39 is 0 Å². The van der Waals surface area contributed by atoms with Gasteiger partial charge in [-0.3, -0.25) is 0 Å². The van der Waals surface area contributed by atoms with Crippen molar-refractivity contribution >= 4 is 11.9 Å². The zero-order valence-electron chi connectivity index (χ0n) is 6.97. The Labute approximate surface area is 68.3 Å². The Hall–Kier alpha value is 0.310. The minimum atomic E-state index is 0.865. The van der Waals surface area contributed by atoms with E-state index in [1.807, 2.05) is 11.9 Å². The van der Waals surface area contributed by atoms with Crippen LogP contribution in [0.1, 0.15) is 32.6 Å². The Morgan fingerprint density at radius 3 is 2.80 bits per heavy atom. The predicted octanol–water partition coefficient (Wildman–Crippen LogP) is 2.53. The van der Waals surface area contributed by atoms with Gasteiger partial charge in [-0.05, 0) is 25.5 Å². The van der Waals surface area contributed by atoms with Crippen molar-refractivity contribution in [2.45, 2.75) is 38.6 Å². The summed E-state index contributed by atoms with van der Waals surface area (Å²) in [7, 11) is 0. The number of hydrogen-bond acceptors (Lipinski definition) is 2. The standard InChI is InChI=1S/C8H17NS/c1-3-8-6-4-5-7-9(8)10-2/h8H,3-7H2,1-2H3. The van der Waals surface area contributed by atoms with Crippen molar-refractivity contribution in [1.29, 1.82) is 0 Å². The van der Waals surface area contributed by atoms with Crippen molar-refractivity contribution in [1.82, 2.24) is 4.31 Å². The van der Waals surface area contributed by atoms with Gasteiger partial charge in [0.1, 0.15) is 0 Å². The minimum absolute atomic E-state index is 0.865. The highest BCUT2D eigenvalue weighted by atomic mass is 32.2. The zero-order chi connectivity index (χ0) is 7.40. The molecule has 1 unspecified atom stereocenters. The molecule has 1 nitrogen and oxygen atoms in total. The molecule has 0 radical (unpaired) electrons. The molecule has 1 rings (SSSR count). The molecule has 0 aromatic rings. The highest BCUT2D eigenvalue weighted by Gasteiger charge is 2.18. The summed E-state index contributed by atoms with van der Waals surface area (Å²) < 4.78 is 2.53. The molecule has 0 aliphatic carbocycles. The van der Waals surface area contributed by atoms with E-state index in [0.717, 1.165) is 6.04 Å². The summed E-state index contributed by atoms with van der Waals surface area (Å²) in [6.45, 7) is 3.60. The van der Waals surface area contributed by atoms with Crippen molar-refractivity contribution in [3.8, 4) is 0 Å². The van der Waals surface area contributed by atoms with E-state index in [0.29, 0.717) is 0 Å². The van der Waals surface area contributed by atoms with Crippen LogP contribution in [0.4, 0.5) is 0 Å². The lowest BCUT2D eigenvalue weighted by atomic mass is 10.0. The van der Waals surface area contributed by atoms with Crippen LogP contribution in [-0.4, -0.2) is 23.1 Å². The molecule has 0 bridgehead atoms. The second-order valence-electron chi connectivity index (χ2n) is 2.88. The molecule has 1 aliphatic heterocycles. The zero-order valence-corrected chi connectivity index (χ0v) is 7.78. The average molecular weight is 159 g/mol. The minimum Gasteiger partial charge on any atom is -0.248 e. The molecule has 1 atom stereocenters. The molecule has 0 N–H and O–H groups in total. The van der Waals surface area contributed by atoms with Gasteiger partial charge in [-0.25, -0.2) is 4.31 Å². The molecule has 10 heavy (non-hydrogen) atoms. The molecule has 0 aromatic heterocycles. The van der Waals surface area contributed by atoms with Crippen LogP contribution in [0.15, 0.2) is 0 Å². The second-order valence-corrected chi connectivity index (χ2v) is 3.72. The van der Waals surface area contributed by atoms with Crippen LogP contribution in [-0.2, 0) is 0 Å².